The minimum absolute atomic E-state index is 0. The van der Waals surface area contributed by atoms with Gasteiger partial charge < -0.3 is 5.32 Å². The Bertz CT molecular complexity index is 155. The van der Waals surface area contributed by atoms with Crippen LogP contribution < -0.4 is 5.32 Å². The van der Waals surface area contributed by atoms with Crippen LogP contribution in [0.5, 0.6) is 0 Å². The van der Waals surface area contributed by atoms with Crippen molar-refractivity contribution in [2.24, 2.45) is 0 Å². The summed E-state index contributed by atoms with van der Waals surface area (Å²) in [4.78, 5) is 3.99. The van der Waals surface area contributed by atoms with E-state index in [0.717, 1.165) is 5.82 Å². The van der Waals surface area contributed by atoms with Crippen molar-refractivity contribution in [1.29, 1.82) is 0 Å². The highest BCUT2D eigenvalue weighted by Gasteiger charge is 1.79. The number of pyridine rings is 1. The highest BCUT2D eigenvalue weighted by Crippen LogP contribution is 1.95. The van der Waals surface area contributed by atoms with E-state index in [0.29, 0.717) is 0 Å². The third-order valence-electron chi connectivity index (χ3n) is 0.921. The quantitative estimate of drug-likeness (QED) is 0.716. The van der Waals surface area contributed by atoms with Gasteiger partial charge in [-0.25, -0.2) is 4.98 Å². The molecule has 0 saturated heterocycles. The molecule has 4 heteroatoms. The number of nitrogens with one attached hydrogen (secondary N) is 1. The van der Waals surface area contributed by atoms with Crippen molar-refractivity contribution in [1.82, 2.24) is 4.98 Å². The van der Waals surface area contributed by atoms with E-state index in [1.54, 1.807) is 6.20 Å². The van der Waals surface area contributed by atoms with Gasteiger partial charge in [-0.15, -0.1) is 24.8 Å². The molecule has 0 spiro atoms. The zero-order valence-corrected chi connectivity index (χ0v) is 7.21. The zero-order valence-electron chi connectivity index (χ0n) is 5.57. The van der Waals surface area contributed by atoms with E-state index in [-0.39, 0.29) is 24.8 Å². The Morgan fingerprint density at radius 3 is 2.30 bits per heavy atom. The van der Waals surface area contributed by atoms with Crippen molar-refractivity contribution >= 4 is 30.6 Å². The van der Waals surface area contributed by atoms with E-state index in [9.17, 15) is 0 Å². The van der Waals surface area contributed by atoms with E-state index in [1.807, 2.05) is 25.2 Å². The van der Waals surface area contributed by atoms with Crippen LogP contribution in [0.4, 0.5) is 5.82 Å². The Hall–Kier alpha value is -0.470. The third-order valence-corrected chi connectivity index (χ3v) is 0.921. The van der Waals surface area contributed by atoms with Crippen LogP contribution in [0.15, 0.2) is 24.4 Å². The predicted molar refractivity (Wildman–Crippen MR) is 48.3 cm³/mol. The van der Waals surface area contributed by atoms with E-state index in [1.165, 1.54) is 0 Å². The standard InChI is InChI=1S/C6H8N2.2ClH/c1-7-6-4-2-3-5-8-6;;/h2-5H,1H3,(H,7,8);2*1H. The second-order valence-electron chi connectivity index (χ2n) is 1.46. The number of anilines is 1. The molecule has 1 rings (SSSR count). The van der Waals surface area contributed by atoms with Gasteiger partial charge >= 0.3 is 0 Å². The number of rotatable bonds is 1. The summed E-state index contributed by atoms with van der Waals surface area (Å²) in [6.07, 6.45) is 1.76. The Balaban J connectivity index is 0. The molecule has 1 aromatic rings. The fraction of sp³-hybridized carbons (Fsp3) is 0.167. The van der Waals surface area contributed by atoms with Crippen LogP contribution in [0.1, 0.15) is 0 Å². The lowest BCUT2D eigenvalue weighted by Crippen LogP contribution is -1.88. The van der Waals surface area contributed by atoms with Crippen LogP contribution in [-0.2, 0) is 0 Å². The molecule has 0 aliphatic heterocycles. The van der Waals surface area contributed by atoms with Gasteiger partial charge in [-0.3, -0.25) is 0 Å². The summed E-state index contributed by atoms with van der Waals surface area (Å²) in [5.41, 5.74) is 0. The predicted octanol–water partition coefficient (Wildman–Crippen LogP) is 1.97. The maximum absolute atomic E-state index is 3.99. The highest BCUT2D eigenvalue weighted by atomic mass is 35.5. The van der Waals surface area contributed by atoms with Crippen LogP contribution in [0, 0.1) is 0 Å². The minimum atomic E-state index is 0. The second-order valence-corrected chi connectivity index (χ2v) is 1.46. The van der Waals surface area contributed by atoms with Crippen molar-refractivity contribution in [2.75, 3.05) is 12.4 Å². The molecule has 0 radical (unpaired) electrons. The summed E-state index contributed by atoms with van der Waals surface area (Å²) in [5, 5.41) is 2.92. The fourth-order valence-corrected chi connectivity index (χ4v) is 0.511. The molecule has 1 heterocycles. The summed E-state index contributed by atoms with van der Waals surface area (Å²) in [5.74, 6) is 0.910. The minimum Gasteiger partial charge on any atom is -0.373 e. The number of hydrogen-bond acceptors (Lipinski definition) is 2. The van der Waals surface area contributed by atoms with Crippen LogP contribution in [-0.4, -0.2) is 12.0 Å². The summed E-state index contributed by atoms with van der Waals surface area (Å²) in [6.45, 7) is 0. The summed E-state index contributed by atoms with van der Waals surface area (Å²) in [7, 11) is 1.85. The van der Waals surface area contributed by atoms with Gasteiger partial charge in [-0.05, 0) is 12.1 Å². The molecule has 2 nitrogen and oxygen atoms in total. The molecule has 0 aromatic carbocycles. The van der Waals surface area contributed by atoms with Crippen LogP contribution in [0.3, 0.4) is 0 Å². The zero-order chi connectivity index (χ0) is 5.82. The lowest BCUT2D eigenvalue weighted by Gasteiger charge is -1.92. The van der Waals surface area contributed by atoms with Crippen molar-refractivity contribution in [3.05, 3.63) is 24.4 Å². The first-order valence-corrected chi connectivity index (χ1v) is 2.52. The molecule has 0 bridgehead atoms. The van der Waals surface area contributed by atoms with E-state index in [4.69, 9.17) is 0 Å². The largest absolute Gasteiger partial charge is 0.373 e. The monoisotopic (exact) mass is 180 g/mol. The van der Waals surface area contributed by atoms with E-state index >= 15 is 0 Å². The molecule has 0 amide bonds. The SMILES string of the molecule is CNc1ccccn1.Cl.Cl. The summed E-state index contributed by atoms with van der Waals surface area (Å²) >= 11 is 0. The first-order valence-electron chi connectivity index (χ1n) is 2.52. The molecule has 1 N–H and O–H groups in total. The average Bonchev–Trinajstić information content (AvgIpc) is 1.90. The highest BCUT2D eigenvalue weighted by molar-refractivity contribution is 5.85. The smallest absolute Gasteiger partial charge is 0.125 e. The lowest BCUT2D eigenvalue weighted by molar-refractivity contribution is 1.29. The van der Waals surface area contributed by atoms with Crippen molar-refractivity contribution in [2.45, 2.75) is 0 Å². The molecule has 0 aliphatic rings. The maximum atomic E-state index is 3.99. The van der Waals surface area contributed by atoms with E-state index in [2.05, 4.69) is 10.3 Å². The number of hydrogen-bond donors (Lipinski definition) is 1. The lowest BCUT2D eigenvalue weighted by atomic mass is 10.5. The molecule has 0 aliphatic carbocycles. The van der Waals surface area contributed by atoms with Gasteiger partial charge in [-0.1, -0.05) is 6.07 Å². The van der Waals surface area contributed by atoms with Gasteiger partial charge in [0.2, 0.25) is 0 Å². The van der Waals surface area contributed by atoms with Crippen LogP contribution >= 0.6 is 24.8 Å². The molecule has 0 atom stereocenters. The number of halogens is 2. The Morgan fingerprint density at radius 2 is 2.00 bits per heavy atom. The van der Waals surface area contributed by atoms with Gasteiger partial charge in [0.05, 0.1) is 0 Å². The molecule has 58 valence electrons. The van der Waals surface area contributed by atoms with Crippen LogP contribution in [0.2, 0.25) is 0 Å². The molecular formula is C6H10Cl2N2. The molecule has 0 saturated carbocycles. The molecule has 10 heavy (non-hydrogen) atoms. The first kappa shape index (κ1) is 12.2. The van der Waals surface area contributed by atoms with Crippen LogP contribution in [0.25, 0.3) is 0 Å². The molecule has 1 aromatic heterocycles. The second kappa shape index (κ2) is 6.65. The van der Waals surface area contributed by atoms with Gasteiger partial charge in [0, 0.05) is 13.2 Å². The number of nitrogens with zero attached hydrogens (tertiary/aromatic N) is 1. The third kappa shape index (κ3) is 3.54. The van der Waals surface area contributed by atoms with Gasteiger partial charge in [0.25, 0.3) is 0 Å². The summed E-state index contributed by atoms with van der Waals surface area (Å²) < 4.78 is 0. The van der Waals surface area contributed by atoms with Crippen molar-refractivity contribution in [3.63, 3.8) is 0 Å². The van der Waals surface area contributed by atoms with Gasteiger partial charge in [0.15, 0.2) is 0 Å². The Labute approximate surface area is 72.9 Å². The van der Waals surface area contributed by atoms with Crippen molar-refractivity contribution in [3.8, 4) is 0 Å². The molecule has 0 unspecified atom stereocenters. The number of aromatic nitrogens is 1. The molecular weight excluding hydrogens is 171 g/mol. The fourth-order valence-electron chi connectivity index (χ4n) is 0.511. The normalized spacial score (nSPS) is 6.90. The summed E-state index contributed by atoms with van der Waals surface area (Å²) in [6, 6.07) is 5.75. The van der Waals surface area contributed by atoms with Gasteiger partial charge in [0.1, 0.15) is 5.82 Å². The first-order chi connectivity index (χ1) is 3.93. The average molecular weight is 181 g/mol. The van der Waals surface area contributed by atoms with Gasteiger partial charge in [-0.2, -0.15) is 0 Å². The van der Waals surface area contributed by atoms with E-state index < -0.39 is 0 Å². The van der Waals surface area contributed by atoms with Crippen molar-refractivity contribution < 1.29 is 0 Å². The topological polar surface area (TPSA) is 24.9 Å². The maximum Gasteiger partial charge on any atom is 0.125 e. The molecule has 0 fully saturated rings. The Kier molecular flexibility index (Phi) is 8.13. The Morgan fingerprint density at radius 1 is 1.30 bits per heavy atom.